The van der Waals surface area contributed by atoms with E-state index in [9.17, 15) is 0 Å². The third kappa shape index (κ3) is 2.67. The van der Waals surface area contributed by atoms with Gasteiger partial charge >= 0.3 is 0 Å². The van der Waals surface area contributed by atoms with Gasteiger partial charge in [-0.15, -0.1) is 0 Å². The highest BCUT2D eigenvalue weighted by atomic mass is 35.5. The normalized spacial score (nSPS) is 12.6. The van der Waals surface area contributed by atoms with Gasteiger partial charge in [0.25, 0.3) is 0 Å². The Bertz CT molecular complexity index is 534. The second kappa shape index (κ2) is 5.44. The molecule has 0 aliphatic heterocycles. The molecule has 1 aromatic carbocycles. The molecule has 0 aliphatic carbocycles. The Kier molecular flexibility index (Phi) is 3.92. The summed E-state index contributed by atoms with van der Waals surface area (Å²) in [7, 11) is 0. The molecule has 3 nitrogen and oxygen atoms in total. The van der Waals surface area contributed by atoms with E-state index in [-0.39, 0.29) is 0 Å². The van der Waals surface area contributed by atoms with Crippen molar-refractivity contribution in [3.05, 3.63) is 35.0 Å². The lowest BCUT2D eigenvalue weighted by Crippen LogP contribution is -2.00. The van der Waals surface area contributed by atoms with Crippen LogP contribution in [-0.2, 0) is 6.42 Å². The first-order valence-corrected chi connectivity index (χ1v) is 6.58. The van der Waals surface area contributed by atoms with Crippen LogP contribution in [0.2, 0.25) is 5.02 Å². The number of nitrogen functional groups attached to an aromatic ring is 1. The lowest BCUT2D eigenvalue weighted by atomic mass is 9.97. The van der Waals surface area contributed by atoms with Crippen LogP contribution in [0.3, 0.4) is 0 Å². The molecule has 2 aromatic rings. The van der Waals surface area contributed by atoms with E-state index in [0.29, 0.717) is 16.8 Å². The van der Waals surface area contributed by atoms with Crippen molar-refractivity contribution < 1.29 is 0 Å². The van der Waals surface area contributed by atoms with Gasteiger partial charge in [-0.2, -0.15) is 5.10 Å². The summed E-state index contributed by atoms with van der Waals surface area (Å²) >= 11 is 6.03. The van der Waals surface area contributed by atoms with Crippen LogP contribution in [0, 0.1) is 5.92 Å². The van der Waals surface area contributed by atoms with Crippen LogP contribution in [0.4, 0.5) is 5.82 Å². The van der Waals surface area contributed by atoms with Crippen LogP contribution in [0.15, 0.2) is 24.3 Å². The van der Waals surface area contributed by atoms with Gasteiger partial charge in [-0.05, 0) is 30.0 Å². The minimum absolute atomic E-state index is 0.538. The number of nitrogens with zero attached hydrogens (tertiary/aromatic N) is 1. The van der Waals surface area contributed by atoms with E-state index in [1.165, 1.54) is 0 Å². The molecule has 2 rings (SSSR count). The van der Waals surface area contributed by atoms with Crippen LogP contribution in [-0.4, -0.2) is 10.2 Å². The fourth-order valence-corrected chi connectivity index (χ4v) is 2.19. The summed E-state index contributed by atoms with van der Waals surface area (Å²) in [5, 5.41) is 7.87. The summed E-state index contributed by atoms with van der Waals surface area (Å²) in [5.41, 5.74) is 9.05. The molecule has 1 aromatic heterocycles. The van der Waals surface area contributed by atoms with Gasteiger partial charge < -0.3 is 5.73 Å². The number of rotatable bonds is 4. The monoisotopic (exact) mass is 263 g/mol. The van der Waals surface area contributed by atoms with Crippen molar-refractivity contribution in [1.82, 2.24) is 10.2 Å². The predicted octanol–water partition coefficient (Wildman–Crippen LogP) is 3.90. The van der Waals surface area contributed by atoms with Gasteiger partial charge in [-0.3, -0.25) is 5.10 Å². The van der Waals surface area contributed by atoms with Gasteiger partial charge in [0.15, 0.2) is 5.82 Å². The summed E-state index contributed by atoms with van der Waals surface area (Å²) in [5.74, 6) is 1.14. The van der Waals surface area contributed by atoms with E-state index >= 15 is 0 Å². The van der Waals surface area contributed by atoms with Crippen molar-refractivity contribution in [2.24, 2.45) is 5.92 Å². The van der Waals surface area contributed by atoms with Crippen LogP contribution >= 0.6 is 11.6 Å². The Morgan fingerprint density at radius 2 is 2.22 bits per heavy atom. The second-order valence-electron chi connectivity index (χ2n) is 4.69. The van der Waals surface area contributed by atoms with E-state index in [2.05, 4.69) is 24.0 Å². The summed E-state index contributed by atoms with van der Waals surface area (Å²) in [6.07, 6.45) is 2.08. The molecule has 0 spiro atoms. The predicted molar refractivity (Wildman–Crippen MR) is 76.6 cm³/mol. The third-order valence-corrected chi connectivity index (χ3v) is 3.47. The fraction of sp³-hybridized carbons (Fsp3) is 0.357. The maximum absolute atomic E-state index is 6.03. The summed E-state index contributed by atoms with van der Waals surface area (Å²) in [6.45, 7) is 4.40. The molecular formula is C14H18ClN3. The molecule has 0 fully saturated rings. The van der Waals surface area contributed by atoms with E-state index < -0.39 is 0 Å². The number of aromatic amines is 1. The smallest absolute Gasteiger partial charge is 0.153 e. The zero-order valence-corrected chi connectivity index (χ0v) is 11.5. The minimum atomic E-state index is 0.538. The zero-order chi connectivity index (χ0) is 13.1. The van der Waals surface area contributed by atoms with Crippen LogP contribution in [0.1, 0.15) is 26.0 Å². The number of aromatic nitrogens is 2. The average molecular weight is 264 g/mol. The van der Waals surface area contributed by atoms with Crippen molar-refractivity contribution in [3.8, 4) is 11.1 Å². The Morgan fingerprint density at radius 3 is 2.89 bits per heavy atom. The summed E-state index contributed by atoms with van der Waals surface area (Å²) in [6, 6.07) is 7.71. The van der Waals surface area contributed by atoms with Crippen molar-refractivity contribution >= 4 is 17.4 Å². The largest absolute Gasteiger partial charge is 0.382 e. The number of benzene rings is 1. The van der Waals surface area contributed by atoms with E-state index in [1.807, 2.05) is 24.3 Å². The van der Waals surface area contributed by atoms with Crippen LogP contribution in [0.25, 0.3) is 11.1 Å². The number of nitrogens with one attached hydrogen (secondary N) is 1. The molecule has 18 heavy (non-hydrogen) atoms. The zero-order valence-electron chi connectivity index (χ0n) is 10.7. The summed E-state index contributed by atoms with van der Waals surface area (Å²) in [4.78, 5) is 0. The van der Waals surface area contributed by atoms with Crippen molar-refractivity contribution in [1.29, 1.82) is 0 Å². The highest BCUT2D eigenvalue weighted by Gasteiger charge is 2.15. The first-order chi connectivity index (χ1) is 8.61. The highest BCUT2D eigenvalue weighted by molar-refractivity contribution is 6.30. The molecule has 96 valence electrons. The van der Waals surface area contributed by atoms with Gasteiger partial charge in [0, 0.05) is 16.3 Å². The number of anilines is 1. The first kappa shape index (κ1) is 13.0. The standard InChI is InChI=1S/C14H18ClN3/c1-3-9(2)7-12-13(14(16)18-17-12)10-5-4-6-11(15)8-10/h4-6,8-9H,3,7H2,1-2H3,(H3,16,17,18). The van der Waals surface area contributed by atoms with Gasteiger partial charge in [0.05, 0.1) is 0 Å². The maximum atomic E-state index is 6.03. The molecule has 0 aliphatic rings. The maximum Gasteiger partial charge on any atom is 0.153 e. The molecule has 4 heteroatoms. The number of hydrogen-bond acceptors (Lipinski definition) is 2. The van der Waals surface area contributed by atoms with E-state index in [1.54, 1.807) is 0 Å². The number of H-pyrrole nitrogens is 1. The Hall–Kier alpha value is -1.48. The topological polar surface area (TPSA) is 54.7 Å². The average Bonchev–Trinajstić information content (AvgIpc) is 2.70. The molecule has 1 atom stereocenters. The number of hydrogen-bond donors (Lipinski definition) is 2. The van der Waals surface area contributed by atoms with Gasteiger partial charge in [-0.1, -0.05) is 44.0 Å². The van der Waals surface area contributed by atoms with E-state index in [0.717, 1.165) is 29.7 Å². The second-order valence-corrected chi connectivity index (χ2v) is 5.13. The highest BCUT2D eigenvalue weighted by Crippen LogP contribution is 2.31. The quantitative estimate of drug-likeness (QED) is 0.879. The van der Waals surface area contributed by atoms with Gasteiger partial charge in [-0.25, -0.2) is 0 Å². The Morgan fingerprint density at radius 1 is 1.44 bits per heavy atom. The Balaban J connectivity index is 2.40. The lowest BCUT2D eigenvalue weighted by Gasteiger charge is -2.09. The van der Waals surface area contributed by atoms with Crippen LogP contribution < -0.4 is 5.73 Å². The van der Waals surface area contributed by atoms with Crippen molar-refractivity contribution in [3.63, 3.8) is 0 Å². The van der Waals surface area contributed by atoms with Gasteiger partial charge in [0.1, 0.15) is 0 Å². The first-order valence-electron chi connectivity index (χ1n) is 6.20. The molecule has 1 unspecified atom stereocenters. The molecule has 3 N–H and O–H groups in total. The molecule has 0 radical (unpaired) electrons. The molecule has 0 saturated carbocycles. The Labute approximate surface area is 112 Å². The number of halogens is 1. The fourth-order valence-electron chi connectivity index (χ4n) is 2.00. The van der Waals surface area contributed by atoms with Crippen LogP contribution in [0.5, 0.6) is 0 Å². The van der Waals surface area contributed by atoms with Crippen molar-refractivity contribution in [2.45, 2.75) is 26.7 Å². The molecule has 0 saturated heterocycles. The van der Waals surface area contributed by atoms with Crippen molar-refractivity contribution in [2.75, 3.05) is 5.73 Å². The summed E-state index contributed by atoms with van der Waals surface area (Å²) < 4.78 is 0. The van der Waals surface area contributed by atoms with Gasteiger partial charge in [0.2, 0.25) is 0 Å². The SMILES string of the molecule is CCC(C)Cc1[nH]nc(N)c1-c1cccc(Cl)c1. The molecular weight excluding hydrogens is 246 g/mol. The minimum Gasteiger partial charge on any atom is -0.382 e. The number of nitrogens with two attached hydrogens (primary N) is 1. The van der Waals surface area contributed by atoms with E-state index in [4.69, 9.17) is 17.3 Å². The molecule has 1 heterocycles. The molecule has 0 bridgehead atoms. The lowest BCUT2D eigenvalue weighted by molar-refractivity contribution is 0.552. The molecule has 0 amide bonds. The third-order valence-electron chi connectivity index (χ3n) is 3.23.